The molecular formula is C21H18N6O3S. The summed E-state index contributed by atoms with van der Waals surface area (Å²) in [5.74, 6) is -0.433. The highest BCUT2D eigenvalue weighted by Gasteiger charge is 2.24. The van der Waals surface area contributed by atoms with Gasteiger partial charge < -0.3 is 4.98 Å². The molecule has 10 heteroatoms. The van der Waals surface area contributed by atoms with Crippen LogP contribution in [-0.4, -0.2) is 32.3 Å². The van der Waals surface area contributed by atoms with Crippen molar-refractivity contribution in [2.24, 2.45) is 5.10 Å². The normalized spacial score (nSPS) is 12.3. The van der Waals surface area contributed by atoms with E-state index < -0.39 is 22.4 Å². The Hall–Kier alpha value is -3.92. The number of amides is 1. The van der Waals surface area contributed by atoms with Crippen LogP contribution in [0.2, 0.25) is 0 Å². The second-order valence-corrected chi connectivity index (χ2v) is 7.76. The number of hydrogen-bond donors (Lipinski definition) is 4. The first kappa shape index (κ1) is 20.4. The topological polar surface area (TPSA) is 136 Å². The third-order valence-electron chi connectivity index (χ3n) is 4.56. The van der Waals surface area contributed by atoms with Gasteiger partial charge in [-0.2, -0.15) is 10.2 Å². The first-order valence-corrected chi connectivity index (χ1v) is 10.2. The maximum atomic E-state index is 12.9. The molecule has 31 heavy (non-hydrogen) atoms. The molecule has 0 spiro atoms. The molecule has 2 aromatic carbocycles. The predicted molar refractivity (Wildman–Crippen MR) is 119 cm³/mol. The van der Waals surface area contributed by atoms with E-state index in [4.69, 9.17) is 0 Å². The number of thioether (sulfide) groups is 1. The molecule has 1 unspecified atom stereocenters. The molecule has 0 bridgehead atoms. The quantitative estimate of drug-likeness (QED) is 0.210. The zero-order valence-corrected chi connectivity index (χ0v) is 17.2. The molecule has 4 aromatic rings. The number of H-pyrrole nitrogens is 3. The molecule has 1 atom stereocenters. The molecule has 156 valence electrons. The fourth-order valence-electron chi connectivity index (χ4n) is 3.11. The van der Waals surface area contributed by atoms with Crippen LogP contribution in [0.15, 0.2) is 74.3 Å². The molecule has 0 aliphatic heterocycles. The zero-order chi connectivity index (χ0) is 21.8. The average Bonchev–Trinajstić information content (AvgIpc) is 3.09. The Bertz CT molecular complexity index is 1370. The molecule has 0 aliphatic carbocycles. The van der Waals surface area contributed by atoms with Crippen molar-refractivity contribution >= 4 is 34.8 Å². The predicted octanol–water partition coefficient (Wildman–Crippen LogP) is 2.23. The maximum Gasteiger partial charge on any atom is 0.342 e. The molecule has 9 nitrogen and oxygen atoms in total. The summed E-state index contributed by atoms with van der Waals surface area (Å²) < 4.78 is 0. The van der Waals surface area contributed by atoms with Gasteiger partial charge in [0.25, 0.3) is 11.5 Å². The lowest BCUT2D eigenvalue weighted by atomic mass is 10.1. The van der Waals surface area contributed by atoms with Crippen molar-refractivity contribution in [3.05, 3.63) is 92.3 Å². The van der Waals surface area contributed by atoms with Crippen molar-refractivity contribution in [2.45, 2.75) is 17.2 Å². The van der Waals surface area contributed by atoms with Crippen LogP contribution in [0.1, 0.15) is 22.1 Å². The van der Waals surface area contributed by atoms with Crippen molar-refractivity contribution in [1.29, 1.82) is 0 Å². The number of nitrogens with one attached hydrogen (secondary N) is 4. The van der Waals surface area contributed by atoms with E-state index in [1.54, 1.807) is 30.5 Å². The summed E-state index contributed by atoms with van der Waals surface area (Å²) >= 11 is 0.922. The van der Waals surface area contributed by atoms with Crippen molar-refractivity contribution in [2.75, 3.05) is 0 Å². The Kier molecular flexibility index (Phi) is 5.80. The first-order chi connectivity index (χ1) is 15.0. The van der Waals surface area contributed by atoms with Gasteiger partial charge in [-0.25, -0.2) is 15.3 Å². The zero-order valence-electron chi connectivity index (χ0n) is 16.4. The average molecular weight is 434 g/mol. The van der Waals surface area contributed by atoms with Crippen LogP contribution < -0.4 is 16.7 Å². The number of nitrogens with zero attached hydrogens (tertiary/aromatic N) is 2. The number of aromatic nitrogens is 4. The van der Waals surface area contributed by atoms with E-state index in [2.05, 4.69) is 30.7 Å². The number of aromatic amines is 3. The van der Waals surface area contributed by atoms with Gasteiger partial charge in [0.15, 0.2) is 5.03 Å². The Morgan fingerprint density at radius 2 is 1.84 bits per heavy atom. The number of fused-ring (bicyclic) bond motifs is 1. The molecule has 4 rings (SSSR count). The van der Waals surface area contributed by atoms with Gasteiger partial charge >= 0.3 is 5.69 Å². The molecule has 0 fully saturated rings. The number of rotatable bonds is 6. The van der Waals surface area contributed by atoms with Gasteiger partial charge in [-0.3, -0.25) is 14.6 Å². The number of carbonyl (C=O) groups is 1. The molecule has 2 aromatic heterocycles. The van der Waals surface area contributed by atoms with Crippen LogP contribution in [0, 0.1) is 6.92 Å². The van der Waals surface area contributed by atoms with E-state index in [1.165, 1.54) is 0 Å². The molecule has 0 saturated carbocycles. The summed E-state index contributed by atoms with van der Waals surface area (Å²) in [5.41, 5.74) is 4.61. The lowest BCUT2D eigenvalue weighted by Gasteiger charge is -2.14. The van der Waals surface area contributed by atoms with Crippen molar-refractivity contribution in [3.8, 4) is 0 Å². The van der Waals surface area contributed by atoms with E-state index in [9.17, 15) is 14.4 Å². The lowest BCUT2D eigenvalue weighted by Crippen LogP contribution is -2.28. The number of para-hydroxylation sites is 1. The van der Waals surface area contributed by atoms with Crippen molar-refractivity contribution < 1.29 is 4.79 Å². The summed E-state index contributed by atoms with van der Waals surface area (Å²) in [4.78, 5) is 41.6. The lowest BCUT2D eigenvalue weighted by molar-refractivity contribution is -0.120. The third kappa shape index (κ3) is 4.48. The van der Waals surface area contributed by atoms with Crippen LogP contribution >= 0.6 is 11.8 Å². The van der Waals surface area contributed by atoms with Gasteiger partial charge in [-0.05, 0) is 18.6 Å². The molecule has 0 aliphatic rings. The van der Waals surface area contributed by atoms with E-state index in [1.807, 2.05) is 37.3 Å². The van der Waals surface area contributed by atoms with Crippen LogP contribution in [0.3, 0.4) is 0 Å². The minimum atomic E-state index is -0.804. The number of aryl methyl sites for hydroxylation is 1. The number of hydrazone groups is 1. The highest BCUT2D eigenvalue weighted by atomic mass is 32.2. The standard InChI is InChI=1S/C21H18N6O3S/c1-12-15(14-9-5-6-10-16(14)23-12)11-22-25-18(28)17(13-7-3-2-4-8-13)31-20-19(29)24-21(30)27-26-20/h2-11,17,23H,1H3,(H,25,28)(H2,24,27,29,30)/b22-11-. The summed E-state index contributed by atoms with van der Waals surface area (Å²) in [6.45, 7) is 1.93. The van der Waals surface area contributed by atoms with Crippen LogP contribution in [-0.2, 0) is 4.79 Å². The smallest absolute Gasteiger partial charge is 0.342 e. The van der Waals surface area contributed by atoms with Gasteiger partial charge in [0, 0.05) is 22.2 Å². The fourth-order valence-corrected chi connectivity index (χ4v) is 4.05. The number of hydrogen-bond acceptors (Lipinski definition) is 6. The maximum absolute atomic E-state index is 12.9. The summed E-state index contributed by atoms with van der Waals surface area (Å²) in [7, 11) is 0. The Balaban J connectivity index is 1.58. The van der Waals surface area contributed by atoms with Crippen molar-refractivity contribution in [3.63, 3.8) is 0 Å². The number of benzene rings is 2. The van der Waals surface area contributed by atoms with Crippen molar-refractivity contribution in [1.82, 2.24) is 25.6 Å². The Labute approximate surface area is 180 Å². The number of carbonyl (C=O) groups excluding carboxylic acids is 1. The Morgan fingerprint density at radius 1 is 1.10 bits per heavy atom. The second-order valence-electron chi connectivity index (χ2n) is 6.66. The van der Waals surface area contributed by atoms with Gasteiger partial charge in [0.05, 0.1) is 6.21 Å². The SMILES string of the molecule is Cc1[nH]c2ccccc2c1/C=N\NC(=O)C(Sc1n[nH]c(=O)[nH]c1=O)c1ccccc1. The van der Waals surface area contributed by atoms with E-state index >= 15 is 0 Å². The fraction of sp³-hybridized carbons (Fsp3) is 0.0952. The minimum Gasteiger partial charge on any atom is -0.358 e. The highest BCUT2D eigenvalue weighted by molar-refractivity contribution is 8.00. The highest BCUT2D eigenvalue weighted by Crippen LogP contribution is 2.32. The summed E-state index contributed by atoms with van der Waals surface area (Å²) in [5, 5.41) is 10.2. The second kappa shape index (κ2) is 8.84. The summed E-state index contributed by atoms with van der Waals surface area (Å²) in [6, 6.07) is 16.8. The van der Waals surface area contributed by atoms with Gasteiger partial charge in [-0.1, -0.05) is 60.3 Å². The van der Waals surface area contributed by atoms with Crippen LogP contribution in [0.25, 0.3) is 10.9 Å². The molecule has 4 N–H and O–H groups in total. The monoisotopic (exact) mass is 434 g/mol. The third-order valence-corrected chi connectivity index (χ3v) is 5.78. The van der Waals surface area contributed by atoms with E-state index in [-0.39, 0.29) is 5.03 Å². The van der Waals surface area contributed by atoms with E-state index in [0.29, 0.717) is 5.56 Å². The Morgan fingerprint density at radius 3 is 2.61 bits per heavy atom. The van der Waals surface area contributed by atoms with Gasteiger partial charge in [-0.15, -0.1) is 0 Å². The molecule has 0 saturated heterocycles. The molecule has 2 heterocycles. The largest absolute Gasteiger partial charge is 0.358 e. The van der Waals surface area contributed by atoms with Crippen LogP contribution in [0.4, 0.5) is 0 Å². The minimum absolute atomic E-state index is 0.0277. The van der Waals surface area contributed by atoms with Gasteiger partial charge in [0.2, 0.25) is 0 Å². The molecule has 0 radical (unpaired) electrons. The van der Waals surface area contributed by atoms with Gasteiger partial charge in [0.1, 0.15) is 5.25 Å². The molecule has 1 amide bonds. The summed E-state index contributed by atoms with van der Waals surface area (Å²) in [6.07, 6.45) is 1.59. The molecular weight excluding hydrogens is 416 g/mol. The van der Waals surface area contributed by atoms with Crippen LogP contribution in [0.5, 0.6) is 0 Å². The van der Waals surface area contributed by atoms with E-state index in [0.717, 1.165) is 33.9 Å². The first-order valence-electron chi connectivity index (χ1n) is 9.34.